The lowest BCUT2D eigenvalue weighted by Crippen LogP contribution is -2.37. The molecule has 1 rings (SSSR count). The smallest absolute Gasteiger partial charge is 0.239 e. The van der Waals surface area contributed by atoms with Crippen LogP contribution in [0.25, 0.3) is 0 Å². The van der Waals surface area contributed by atoms with Gasteiger partial charge in [0, 0.05) is 19.6 Å². The Morgan fingerprint density at radius 2 is 2.07 bits per heavy atom. The van der Waals surface area contributed by atoms with Crippen LogP contribution in [0.4, 0.5) is 0 Å². The van der Waals surface area contributed by atoms with Crippen molar-refractivity contribution in [3.63, 3.8) is 0 Å². The average Bonchev–Trinajstić information content (AvgIpc) is 2.40. The molecule has 1 aliphatic rings. The molecule has 78 valence electrons. The molecule has 1 heterocycles. The molecule has 1 fully saturated rings. The van der Waals surface area contributed by atoms with Crippen LogP contribution in [0.15, 0.2) is 0 Å². The van der Waals surface area contributed by atoms with Gasteiger partial charge >= 0.3 is 0 Å². The summed E-state index contributed by atoms with van der Waals surface area (Å²) < 4.78 is 0. The van der Waals surface area contributed by atoms with Gasteiger partial charge in [0.1, 0.15) is 5.92 Å². The van der Waals surface area contributed by atoms with Gasteiger partial charge in [0.15, 0.2) is 0 Å². The summed E-state index contributed by atoms with van der Waals surface area (Å²) in [5.74, 6) is -0.527. The summed E-state index contributed by atoms with van der Waals surface area (Å²) in [6.45, 7) is 5.14. The third-order valence-electron chi connectivity index (χ3n) is 2.60. The van der Waals surface area contributed by atoms with Gasteiger partial charge in [0.2, 0.25) is 5.91 Å². The summed E-state index contributed by atoms with van der Waals surface area (Å²) in [5, 5.41) is 8.65. The van der Waals surface area contributed by atoms with Gasteiger partial charge in [-0.25, -0.2) is 0 Å². The Bertz CT molecular complexity index is 246. The Kier molecular flexibility index (Phi) is 3.90. The monoisotopic (exact) mass is 195 g/mol. The molecule has 0 aromatic heterocycles. The predicted molar refractivity (Wildman–Crippen MR) is 53.5 cm³/mol. The molecule has 0 aromatic rings. The Labute approximate surface area is 85.1 Å². The predicted octanol–water partition coefficient (Wildman–Crippen LogP) is 0.310. The standard InChI is InChI=1S/C10H17N3O/c1-9(8-11)10(14)13-5-3-4-12(2)6-7-13/h9H,3-7H2,1-2H3. The van der Waals surface area contributed by atoms with E-state index in [1.165, 1.54) is 0 Å². The van der Waals surface area contributed by atoms with Crippen molar-refractivity contribution in [1.29, 1.82) is 5.26 Å². The molecule has 14 heavy (non-hydrogen) atoms. The number of carbonyl (C=O) groups excluding carboxylic acids is 1. The maximum absolute atomic E-state index is 11.7. The first-order chi connectivity index (χ1) is 6.65. The van der Waals surface area contributed by atoms with Crippen LogP contribution in [0.3, 0.4) is 0 Å². The second kappa shape index (κ2) is 4.97. The molecule has 0 radical (unpaired) electrons. The fourth-order valence-corrected chi connectivity index (χ4v) is 1.60. The Morgan fingerprint density at radius 3 is 2.71 bits per heavy atom. The Hall–Kier alpha value is -1.08. The van der Waals surface area contributed by atoms with Crippen LogP contribution < -0.4 is 0 Å². The van der Waals surface area contributed by atoms with Gasteiger partial charge in [-0.1, -0.05) is 0 Å². The van der Waals surface area contributed by atoms with Crippen molar-refractivity contribution >= 4 is 5.91 Å². The number of likely N-dealkylation sites (N-methyl/N-ethyl adjacent to an activating group) is 1. The molecule has 1 saturated heterocycles. The summed E-state index contributed by atoms with van der Waals surface area (Å²) in [5.41, 5.74) is 0. The molecule has 1 amide bonds. The van der Waals surface area contributed by atoms with Crippen LogP contribution >= 0.6 is 0 Å². The van der Waals surface area contributed by atoms with E-state index in [9.17, 15) is 4.79 Å². The minimum atomic E-state index is -0.501. The third-order valence-corrected chi connectivity index (χ3v) is 2.60. The number of nitrogens with zero attached hydrogens (tertiary/aromatic N) is 3. The Balaban J connectivity index is 2.52. The highest BCUT2D eigenvalue weighted by molar-refractivity contribution is 5.80. The molecule has 1 aliphatic heterocycles. The number of hydrogen-bond donors (Lipinski definition) is 0. The van der Waals surface area contributed by atoms with E-state index in [1.807, 2.05) is 6.07 Å². The van der Waals surface area contributed by atoms with Crippen molar-refractivity contribution in [3.8, 4) is 6.07 Å². The van der Waals surface area contributed by atoms with E-state index in [-0.39, 0.29) is 5.91 Å². The average molecular weight is 195 g/mol. The molecule has 0 aliphatic carbocycles. The van der Waals surface area contributed by atoms with Gasteiger partial charge < -0.3 is 9.80 Å². The number of amides is 1. The van der Waals surface area contributed by atoms with Gasteiger partial charge in [-0.05, 0) is 26.9 Å². The van der Waals surface area contributed by atoms with Crippen molar-refractivity contribution in [2.45, 2.75) is 13.3 Å². The molecule has 0 saturated carbocycles. The van der Waals surface area contributed by atoms with Crippen molar-refractivity contribution < 1.29 is 4.79 Å². The molecule has 0 bridgehead atoms. The van der Waals surface area contributed by atoms with Gasteiger partial charge in [-0.2, -0.15) is 5.26 Å². The van der Waals surface area contributed by atoms with Crippen LogP contribution in [0.1, 0.15) is 13.3 Å². The highest BCUT2D eigenvalue weighted by Gasteiger charge is 2.21. The fourth-order valence-electron chi connectivity index (χ4n) is 1.60. The second-order valence-electron chi connectivity index (χ2n) is 3.83. The minimum absolute atomic E-state index is 0.0252. The first kappa shape index (κ1) is 11.0. The summed E-state index contributed by atoms with van der Waals surface area (Å²) in [4.78, 5) is 15.7. The lowest BCUT2D eigenvalue weighted by molar-refractivity contribution is -0.133. The number of nitriles is 1. The largest absolute Gasteiger partial charge is 0.340 e. The number of rotatable bonds is 1. The van der Waals surface area contributed by atoms with Crippen molar-refractivity contribution in [3.05, 3.63) is 0 Å². The highest BCUT2D eigenvalue weighted by Crippen LogP contribution is 2.06. The Morgan fingerprint density at radius 1 is 1.36 bits per heavy atom. The van der Waals surface area contributed by atoms with Crippen molar-refractivity contribution in [2.24, 2.45) is 5.92 Å². The molecule has 0 N–H and O–H groups in total. The molecular formula is C10H17N3O. The normalized spacial score (nSPS) is 21.1. The molecule has 0 spiro atoms. The molecular weight excluding hydrogens is 178 g/mol. The quantitative estimate of drug-likeness (QED) is 0.605. The van der Waals surface area contributed by atoms with E-state index >= 15 is 0 Å². The maximum atomic E-state index is 11.7. The van der Waals surface area contributed by atoms with Crippen molar-refractivity contribution in [1.82, 2.24) is 9.80 Å². The van der Waals surface area contributed by atoms with Gasteiger partial charge in [-0.15, -0.1) is 0 Å². The van der Waals surface area contributed by atoms with Crippen LogP contribution in [-0.4, -0.2) is 48.9 Å². The molecule has 0 aromatic carbocycles. The molecule has 4 nitrogen and oxygen atoms in total. The maximum Gasteiger partial charge on any atom is 0.239 e. The lowest BCUT2D eigenvalue weighted by Gasteiger charge is -2.21. The van der Waals surface area contributed by atoms with E-state index in [0.717, 1.165) is 32.6 Å². The molecule has 4 heteroatoms. The summed E-state index contributed by atoms with van der Waals surface area (Å²) in [6.07, 6.45) is 1.00. The van der Waals surface area contributed by atoms with Crippen molar-refractivity contribution in [2.75, 3.05) is 33.2 Å². The third kappa shape index (κ3) is 2.71. The first-order valence-electron chi connectivity index (χ1n) is 5.02. The fraction of sp³-hybridized carbons (Fsp3) is 0.800. The summed E-state index contributed by atoms with van der Waals surface area (Å²) in [6, 6.07) is 1.99. The van der Waals surface area contributed by atoms with E-state index in [0.29, 0.717) is 0 Å². The van der Waals surface area contributed by atoms with Gasteiger partial charge in [-0.3, -0.25) is 4.79 Å². The van der Waals surface area contributed by atoms with Crippen LogP contribution in [0.5, 0.6) is 0 Å². The molecule has 1 atom stereocenters. The summed E-state index contributed by atoms with van der Waals surface area (Å²) in [7, 11) is 2.06. The second-order valence-corrected chi connectivity index (χ2v) is 3.83. The zero-order valence-corrected chi connectivity index (χ0v) is 8.86. The van der Waals surface area contributed by atoms with Crippen LogP contribution in [0, 0.1) is 17.2 Å². The zero-order valence-electron chi connectivity index (χ0n) is 8.86. The van der Waals surface area contributed by atoms with E-state index < -0.39 is 5.92 Å². The lowest BCUT2D eigenvalue weighted by atomic mass is 10.2. The highest BCUT2D eigenvalue weighted by atomic mass is 16.2. The van der Waals surface area contributed by atoms with Gasteiger partial charge in [0.05, 0.1) is 6.07 Å². The summed E-state index contributed by atoms with van der Waals surface area (Å²) >= 11 is 0. The van der Waals surface area contributed by atoms with E-state index in [2.05, 4.69) is 11.9 Å². The van der Waals surface area contributed by atoms with E-state index in [1.54, 1.807) is 11.8 Å². The van der Waals surface area contributed by atoms with Gasteiger partial charge in [0.25, 0.3) is 0 Å². The molecule has 1 unspecified atom stereocenters. The number of hydrogen-bond acceptors (Lipinski definition) is 3. The van der Waals surface area contributed by atoms with Crippen LogP contribution in [0.2, 0.25) is 0 Å². The minimum Gasteiger partial charge on any atom is -0.340 e. The number of carbonyl (C=O) groups is 1. The topological polar surface area (TPSA) is 47.3 Å². The van der Waals surface area contributed by atoms with Crippen LogP contribution in [-0.2, 0) is 4.79 Å². The SMILES string of the molecule is CC(C#N)C(=O)N1CCCN(C)CC1. The zero-order chi connectivity index (χ0) is 10.6. The van der Waals surface area contributed by atoms with E-state index in [4.69, 9.17) is 5.26 Å². The first-order valence-corrected chi connectivity index (χ1v) is 5.02.